The van der Waals surface area contributed by atoms with E-state index in [2.05, 4.69) is 4.98 Å². The number of hydrogen-bond acceptors (Lipinski definition) is 6. The highest BCUT2D eigenvalue weighted by Crippen LogP contribution is 2.34. The van der Waals surface area contributed by atoms with E-state index < -0.39 is 36.3 Å². The molecule has 1 aromatic heterocycles. The van der Waals surface area contributed by atoms with Crippen LogP contribution in [0.4, 0.5) is 5.82 Å². The van der Waals surface area contributed by atoms with Crippen LogP contribution >= 0.6 is 0 Å². The van der Waals surface area contributed by atoms with E-state index >= 15 is 0 Å². The molecule has 0 aliphatic carbocycles. The lowest BCUT2D eigenvalue weighted by Crippen LogP contribution is -2.61. The Balaban J connectivity index is 2.42. The Bertz CT molecular complexity index is 501. The lowest BCUT2D eigenvalue weighted by Gasteiger charge is -2.23. The summed E-state index contributed by atoms with van der Waals surface area (Å²) < 4.78 is 6.38. The van der Waals surface area contributed by atoms with Gasteiger partial charge in [0.25, 0.3) is 0 Å². The fourth-order valence-corrected chi connectivity index (χ4v) is 2.03. The zero-order valence-corrected chi connectivity index (χ0v) is 9.78. The minimum absolute atomic E-state index is 0.174. The standard InChI is InChI=1S/C10H15N3O5/c1-10(17)7(15)5(4-14)18-8(10)13-3-2-6(11)12-9(13)16/h2-3,5,7-8,14-15,17H,4H2,1H3,(H2,11,12,16)/p+1/t5-,7-,8-,10-/m1/s1. The Morgan fingerprint density at radius 2 is 2.33 bits per heavy atom. The molecule has 0 aromatic carbocycles. The average Bonchev–Trinajstić information content (AvgIpc) is 2.52. The van der Waals surface area contributed by atoms with Gasteiger partial charge in [0, 0.05) is 6.07 Å². The van der Waals surface area contributed by atoms with Gasteiger partial charge < -0.3 is 25.8 Å². The van der Waals surface area contributed by atoms with Crippen LogP contribution in [-0.2, 0) is 4.74 Å². The molecule has 1 saturated heterocycles. The van der Waals surface area contributed by atoms with Gasteiger partial charge in [-0.3, -0.25) is 0 Å². The number of aliphatic hydroxyl groups excluding tert-OH is 2. The highest BCUT2D eigenvalue weighted by molar-refractivity contribution is 5.21. The van der Waals surface area contributed by atoms with Crippen molar-refractivity contribution in [1.29, 1.82) is 0 Å². The minimum Gasteiger partial charge on any atom is -0.394 e. The van der Waals surface area contributed by atoms with Crippen molar-refractivity contribution in [2.75, 3.05) is 12.3 Å². The number of aliphatic hydroxyl groups is 3. The number of rotatable bonds is 2. The van der Waals surface area contributed by atoms with Gasteiger partial charge in [0.05, 0.1) is 6.61 Å². The summed E-state index contributed by atoms with van der Waals surface area (Å²) in [4.78, 5) is 14.1. The molecule has 0 spiro atoms. The molecule has 1 aliphatic rings. The number of nitrogens with two attached hydrogens (primary N) is 1. The number of ether oxygens (including phenoxy) is 1. The van der Waals surface area contributed by atoms with Crippen LogP contribution in [0.5, 0.6) is 0 Å². The third-order valence-electron chi connectivity index (χ3n) is 3.09. The van der Waals surface area contributed by atoms with Gasteiger partial charge in [-0.05, 0) is 6.92 Å². The Morgan fingerprint density at radius 3 is 2.83 bits per heavy atom. The molecular formula is C10H16N3O5+. The molecule has 0 bridgehead atoms. The van der Waals surface area contributed by atoms with Gasteiger partial charge in [0.1, 0.15) is 18.4 Å². The molecular weight excluding hydrogens is 242 g/mol. The van der Waals surface area contributed by atoms with Crippen molar-refractivity contribution >= 4 is 5.82 Å². The monoisotopic (exact) mass is 258 g/mol. The number of nitrogens with zero attached hydrogens (tertiary/aromatic N) is 1. The van der Waals surface area contributed by atoms with Crippen molar-refractivity contribution in [2.24, 2.45) is 0 Å². The van der Waals surface area contributed by atoms with Gasteiger partial charge in [-0.25, -0.2) is 0 Å². The van der Waals surface area contributed by atoms with Gasteiger partial charge in [-0.15, -0.1) is 0 Å². The predicted octanol–water partition coefficient (Wildman–Crippen LogP) is -2.75. The number of aromatic amines is 1. The van der Waals surface area contributed by atoms with E-state index in [1.807, 2.05) is 0 Å². The molecule has 0 amide bonds. The number of nitrogen functional groups attached to an aromatic ring is 1. The summed E-state index contributed by atoms with van der Waals surface area (Å²) in [7, 11) is 0. The van der Waals surface area contributed by atoms with Crippen LogP contribution in [0.25, 0.3) is 0 Å². The number of H-pyrrole nitrogens is 1. The first-order valence-corrected chi connectivity index (χ1v) is 5.44. The molecule has 100 valence electrons. The summed E-state index contributed by atoms with van der Waals surface area (Å²) in [6, 6.07) is 1.43. The summed E-state index contributed by atoms with van der Waals surface area (Å²) >= 11 is 0. The lowest BCUT2D eigenvalue weighted by molar-refractivity contribution is -0.786. The van der Waals surface area contributed by atoms with Crippen LogP contribution < -0.4 is 16.0 Å². The summed E-state index contributed by atoms with van der Waals surface area (Å²) in [6.07, 6.45) is -2.00. The molecule has 0 saturated carbocycles. The van der Waals surface area contributed by atoms with Gasteiger partial charge in [-0.1, -0.05) is 0 Å². The third kappa shape index (κ3) is 1.89. The molecule has 1 aliphatic heterocycles. The Kier molecular flexibility index (Phi) is 3.11. The molecule has 0 unspecified atom stereocenters. The summed E-state index contributed by atoms with van der Waals surface area (Å²) in [5, 5.41) is 29.0. The van der Waals surface area contributed by atoms with Crippen molar-refractivity contribution in [3.63, 3.8) is 0 Å². The maximum atomic E-state index is 11.7. The van der Waals surface area contributed by atoms with Gasteiger partial charge in [-0.2, -0.15) is 14.3 Å². The molecule has 1 aromatic rings. The molecule has 8 nitrogen and oxygen atoms in total. The molecule has 18 heavy (non-hydrogen) atoms. The minimum atomic E-state index is -1.69. The van der Waals surface area contributed by atoms with E-state index in [4.69, 9.17) is 15.6 Å². The maximum absolute atomic E-state index is 11.7. The fourth-order valence-electron chi connectivity index (χ4n) is 2.03. The zero-order chi connectivity index (χ0) is 13.5. The van der Waals surface area contributed by atoms with Gasteiger partial charge >= 0.3 is 5.69 Å². The Labute approximate surface area is 102 Å². The number of hydrogen-bond donors (Lipinski definition) is 5. The van der Waals surface area contributed by atoms with Crippen molar-refractivity contribution in [3.05, 3.63) is 22.7 Å². The quantitative estimate of drug-likeness (QED) is 0.365. The van der Waals surface area contributed by atoms with Gasteiger partial charge in [0.15, 0.2) is 11.4 Å². The first-order chi connectivity index (χ1) is 8.37. The molecule has 4 atom stereocenters. The molecule has 0 radical (unpaired) electrons. The van der Waals surface area contributed by atoms with Crippen LogP contribution in [-0.4, -0.2) is 44.7 Å². The van der Waals surface area contributed by atoms with E-state index in [0.717, 1.165) is 4.57 Å². The van der Waals surface area contributed by atoms with E-state index in [0.29, 0.717) is 0 Å². The van der Waals surface area contributed by atoms with Crippen LogP contribution in [0.2, 0.25) is 0 Å². The summed E-state index contributed by atoms with van der Waals surface area (Å²) in [5.41, 5.74) is 3.14. The first kappa shape index (κ1) is 13.0. The first-order valence-electron chi connectivity index (χ1n) is 5.44. The van der Waals surface area contributed by atoms with E-state index in [-0.39, 0.29) is 5.82 Å². The number of aromatic nitrogens is 2. The van der Waals surface area contributed by atoms with E-state index in [1.54, 1.807) is 0 Å². The molecule has 6 N–H and O–H groups in total. The molecule has 8 heteroatoms. The second-order valence-corrected chi connectivity index (χ2v) is 4.49. The summed E-state index contributed by atoms with van der Waals surface area (Å²) in [5.74, 6) is 0.174. The molecule has 1 fully saturated rings. The normalized spacial score (nSPS) is 35.9. The topological polar surface area (TPSA) is 133 Å². The summed E-state index contributed by atoms with van der Waals surface area (Å²) in [6.45, 7) is 0.877. The largest absolute Gasteiger partial charge is 0.499 e. The van der Waals surface area contributed by atoms with Crippen molar-refractivity contribution in [2.45, 2.75) is 31.0 Å². The second kappa shape index (κ2) is 4.32. The molecule has 2 rings (SSSR count). The van der Waals surface area contributed by atoms with Crippen LogP contribution in [0, 0.1) is 0 Å². The smallest absolute Gasteiger partial charge is 0.394 e. The van der Waals surface area contributed by atoms with Crippen LogP contribution in [0.3, 0.4) is 0 Å². The van der Waals surface area contributed by atoms with Gasteiger partial charge in [0.2, 0.25) is 6.23 Å². The Morgan fingerprint density at radius 1 is 1.67 bits per heavy atom. The van der Waals surface area contributed by atoms with Crippen molar-refractivity contribution < 1.29 is 24.6 Å². The molecule has 2 heterocycles. The van der Waals surface area contributed by atoms with Crippen LogP contribution in [0.1, 0.15) is 13.2 Å². The SMILES string of the molecule is C[C@@]1(O)[C@H](O)[C@@H](CO)O[C@H]1[n+]1ccc(N)[nH]c1=O. The Hall–Kier alpha value is -1.48. The second-order valence-electron chi connectivity index (χ2n) is 4.49. The van der Waals surface area contributed by atoms with E-state index in [9.17, 15) is 15.0 Å². The lowest BCUT2D eigenvalue weighted by atomic mass is 9.96. The number of anilines is 1. The van der Waals surface area contributed by atoms with Crippen LogP contribution in [0.15, 0.2) is 17.1 Å². The highest BCUT2D eigenvalue weighted by Gasteiger charge is 2.55. The van der Waals surface area contributed by atoms with Crippen molar-refractivity contribution in [1.82, 2.24) is 4.98 Å². The van der Waals surface area contributed by atoms with E-state index in [1.165, 1.54) is 19.2 Å². The maximum Gasteiger partial charge on any atom is 0.499 e. The fraction of sp³-hybridized carbons (Fsp3) is 0.600. The third-order valence-corrected chi connectivity index (χ3v) is 3.09. The highest BCUT2D eigenvalue weighted by atomic mass is 16.6. The number of nitrogens with one attached hydrogen (secondary N) is 1. The zero-order valence-electron chi connectivity index (χ0n) is 9.78. The average molecular weight is 258 g/mol. The predicted molar refractivity (Wildman–Crippen MR) is 59.3 cm³/mol. The van der Waals surface area contributed by atoms with Crippen molar-refractivity contribution in [3.8, 4) is 0 Å².